The van der Waals surface area contributed by atoms with Gasteiger partial charge in [0.25, 0.3) is 0 Å². The van der Waals surface area contributed by atoms with E-state index in [-0.39, 0.29) is 35.0 Å². The fourth-order valence-corrected chi connectivity index (χ4v) is 10.0. The second-order valence-corrected chi connectivity index (χ2v) is 14.4. The Bertz CT molecular complexity index is 806. The summed E-state index contributed by atoms with van der Waals surface area (Å²) in [6.07, 6.45) is 11.9. The largest absolute Gasteiger partial charge is 0.463 e. The van der Waals surface area contributed by atoms with Crippen LogP contribution in [0.1, 0.15) is 120 Å². The van der Waals surface area contributed by atoms with E-state index in [1.807, 2.05) is 0 Å². The molecule has 0 aliphatic heterocycles. The Morgan fingerprint density at radius 2 is 1.56 bits per heavy atom. The van der Waals surface area contributed by atoms with Gasteiger partial charge in [0.05, 0.1) is 0 Å². The Hall–Kier alpha value is -1.06. The summed E-state index contributed by atoms with van der Waals surface area (Å²) in [6.45, 7) is 17.8. The van der Waals surface area contributed by atoms with Gasteiger partial charge in [-0.05, 0) is 104 Å². The quantitative estimate of drug-likeness (QED) is 0.333. The Labute approximate surface area is 221 Å². The first kappa shape index (κ1) is 28.0. The van der Waals surface area contributed by atoms with Crippen molar-refractivity contribution in [3.05, 3.63) is 0 Å². The first-order valence-electron chi connectivity index (χ1n) is 15.2. The van der Waals surface area contributed by atoms with E-state index in [0.717, 1.165) is 55.3 Å². The molecule has 0 saturated heterocycles. The second kappa shape index (κ2) is 10.6. The van der Waals surface area contributed by atoms with E-state index in [9.17, 15) is 9.59 Å². The minimum Gasteiger partial charge on any atom is -0.463 e. The van der Waals surface area contributed by atoms with Gasteiger partial charge in [-0.15, -0.1) is 0 Å². The summed E-state index contributed by atoms with van der Waals surface area (Å²) in [5.74, 6) is 5.08. The molecule has 4 rings (SSSR count). The normalized spacial score (nSPS) is 43.6. The van der Waals surface area contributed by atoms with Crippen LogP contribution in [0.25, 0.3) is 0 Å². The first-order chi connectivity index (χ1) is 16.9. The molecule has 4 nitrogen and oxygen atoms in total. The number of hydrogen-bond donors (Lipinski definition) is 0. The molecule has 4 aliphatic rings. The van der Waals surface area contributed by atoms with Crippen LogP contribution in [0, 0.1) is 58.2 Å². The number of hydrogen-bond acceptors (Lipinski definition) is 4. The number of ether oxygens (including phenoxy) is 2. The SMILES string of the molecule is CC(=O)O[C@@H]1CC[C@@]2(C)[C@@H](CC[C@@H]3[C@H]2[C@H](OC(C)=O)C[C@]2(C)[C@@H]3CC[C@@H]2[C@H](C)CC[C@H](C)C(C)C)C1. The van der Waals surface area contributed by atoms with E-state index in [2.05, 4.69) is 41.5 Å². The van der Waals surface area contributed by atoms with Crippen LogP contribution in [0.2, 0.25) is 0 Å². The third-order valence-corrected chi connectivity index (χ3v) is 12.1. The van der Waals surface area contributed by atoms with E-state index >= 15 is 0 Å². The number of carbonyl (C=O) groups excluding carboxylic acids is 2. The molecule has 36 heavy (non-hydrogen) atoms. The Morgan fingerprint density at radius 3 is 2.19 bits per heavy atom. The minimum absolute atomic E-state index is 0.0224. The molecule has 11 atom stereocenters. The monoisotopic (exact) mass is 502 g/mol. The lowest BCUT2D eigenvalue weighted by Crippen LogP contribution is -2.60. The number of carbonyl (C=O) groups is 2. The third kappa shape index (κ3) is 5.13. The van der Waals surface area contributed by atoms with Gasteiger partial charge in [-0.2, -0.15) is 0 Å². The minimum atomic E-state index is -0.155. The summed E-state index contributed by atoms with van der Waals surface area (Å²) in [6, 6.07) is 0. The first-order valence-corrected chi connectivity index (χ1v) is 15.2. The van der Waals surface area contributed by atoms with Gasteiger partial charge in [0.1, 0.15) is 12.2 Å². The molecule has 0 amide bonds. The maximum absolute atomic E-state index is 12.4. The summed E-state index contributed by atoms with van der Waals surface area (Å²) in [7, 11) is 0. The molecular weight excluding hydrogens is 448 g/mol. The maximum Gasteiger partial charge on any atom is 0.302 e. The predicted molar refractivity (Wildman–Crippen MR) is 144 cm³/mol. The van der Waals surface area contributed by atoms with Crippen molar-refractivity contribution in [3.8, 4) is 0 Å². The van der Waals surface area contributed by atoms with Crippen LogP contribution in [0.5, 0.6) is 0 Å². The second-order valence-electron chi connectivity index (χ2n) is 14.4. The number of esters is 2. The molecule has 4 aliphatic carbocycles. The van der Waals surface area contributed by atoms with Crippen molar-refractivity contribution < 1.29 is 19.1 Å². The van der Waals surface area contributed by atoms with Gasteiger partial charge in [-0.25, -0.2) is 0 Å². The van der Waals surface area contributed by atoms with E-state index in [4.69, 9.17) is 9.47 Å². The molecule has 0 aromatic heterocycles. The van der Waals surface area contributed by atoms with Gasteiger partial charge in [0, 0.05) is 19.8 Å². The van der Waals surface area contributed by atoms with Crippen molar-refractivity contribution in [2.24, 2.45) is 58.2 Å². The van der Waals surface area contributed by atoms with Crippen LogP contribution in [-0.2, 0) is 19.1 Å². The van der Waals surface area contributed by atoms with Gasteiger partial charge in [0.2, 0.25) is 0 Å². The summed E-state index contributed by atoms with van der Waals surface area (Å²) < 4.78 is 11.9. The van der Waals surface area contributed by atoms with Crippen LogP contribution < -0.4 is 0 Å². The van der Waals surface area contributed by atoms with Gasteiger partial charge in [-0.1, -0.05) is 54.4 Å². The highest BCUT2D eigenvalue weighted by molar-refractivity contribution is 5.66. The van der Waals surface area contributed by atoms with Crippen molar-refractivity contribution in [1.29, 1.82) is 0 Å². The fraction of sp³-hybridized carbons (Fsp3) is 0.938. The third-order valence-electron chi connectivity index (χ3n) is 12.1. The lowest BCUT2D eigenvalue weighted by molar-refractivity contribution is -0.201. The molecule has 4 fully saturated rings. The average molecular weight is 503 g/mol. The predicted octanol–water partition coefficient (Wildman–Crippen LogP) is 7.83. The van der Waals surface area contributed by atoms with Crippen LogP contribution in [0.15, 0.2) is 0 Å². The maximum atomic E-state index is 12.4. The van der Waals surface area contributed by atoms with Gasteiger partial charge in [-0.3, -0.25) is 9.59 Å². The van der Waals surface area contributed by atoms with Gasteiger partial charge >= 0.3 is 11.9 Å². The highest BCUT2D eigenvalue weighted by atomic mass is 16.5. The summed E-state index contributed by atoms with van der Waals surface area (Å²) in [5.41, 5.74) is 0.428. The molecule has 0 spiro atoms. The van der Waals surface area contributed by atoms with E-state index in [0.29, 0.717) is 17.8 Å². The van der Waals surface area contributed by atoms with E-state index in [1.165, 1.54) is 45.4 Å². The Balaban J connectivity index is 1.57. The smallest absolute Gasteiger partial charge is 0.302 e. The van der Waals surface area contributed by atoms with Crippen LogP contribution >= 0.6 is 0 Å². The molecule has 0 aromatic rings. The van der Waals surface area contributed by atoms with Crippen LogP contribution in [-0.4, -0.2) is 24.1 Å². The molecular formula is C32H54O4. The van der Waals surface area contributed by atoms with Gasteiger partial charge < -0.3 is 9.47 Å². The summed E-state index contributed by atoms with van der Waals surface area (Å²) in [4.78, 5) is 24.0. The van der Waals surface area contributed by atoms with E-state index < -0.39 is 0 Å². The molecule has 0 heterocycles. The van der Waals surface area contributed by atoms with Crippen molar-refractivity contribution in [2.45, 2.75) is 132 Å². The topological polar surface area (TPSA) is 52.6 Å². The highest BCUT2D eigenvalue weighted by Gasteiger charge is 2.64. The van der Waals surface area contributed by atoms with E-state index in [1.54, 1.807) is 6.92 Å². The highest BCUT2D eigenvalue weighted by Crippen LogP contribution is 2.69. The summed E-state index contributed by atoms with van der Waals surface area (Å²) >= 11 is 0. The zero-order valence-corrected chi connectivity index (χ0v) is 24.5. The molecule has 0 N–H and O–H groups in total. The molecule has 4 saturated carbocycles. The lowest BCUT2D eigenvalue weighted by atomic mass is 9.43. The molecule has 0 bridgehead atoms. The zero-order chi connectivity index (χ0) is 26.4. The average Bonchev–Trinajstić information content (AvgIpc) is 3.13. The molecule has 0 aromatic carbocycles. The molecule has 206 valence electrons. The Kier molecular flexibility index (Phi) is 8.23. The van der Waals surface area contributed by atoms with Crippen molar-refractivity contribution >= 4 is 11.9 Å². The standard InChI is InChI=1S/C32H54O4/c1-19(2)20(3)9-10-21(4)27-13-14-28-26-12-11-24-17-25(35-22(5)33)15-16-31(24,7)30(26)29(36-23(6)34)18-32(27,28)8/h19-21,24-30H,9-18H2,1-8H3/t20-,21+,24-,25+,26-,27+,28+,29+,30-,31-,32-/m0/s1. The van der Waals surface area contributed by atoms with Crippen molar-refractivity contribution in [1.82, 2.24) is 0 Å². The molecule has 0 unspecified atom stereocenters. The van der Waals surface area contributed by atoms with Crippen LogP contribution in [0.4, 0.5) is 0 Å². The number of rotatable bonds is 7. The van der Waals surface area contributed by atoms with Crippen molar-refractivity contribution in [3.63, 3.8) is 0 Å². The van der Waals surface area contributed by atoms with Gasteiger partial charge in [0.15, 0.2) is 0 Å². The van der Waals surface area contributed by atoms with Crippen molar-refractivity contribution in [2.75, 3.05) is 0 Å². The molecule has 0 radical (unpaired) electrons. The molecule has 4 heteroatoms. The Morgan fingerprint density at radius 1 is 0.861 bits per heavy atom. The zero-order valence-electron chi connectivity index (χ0n) is 24.5. The summed E-state index contributed by atoms with van der Waals surface area (Å²) in [5, 5.41) is 0. The number of fused-ring (bicyclic) bond motifs is 5. The lowest BCUT2D eigenvalue weighted by Gasteiger charge is -2.63. The van der Waals surface area contributed by atoms with Crippen LogP contribution in [0.3, 0.4) is 0 Å². The fourth-order valence-electron chi connectivity index (χ4n) is 10.0.